The second kappa shape index (κ2) is 12.6. The molecule has 44 heavy (non-hydrogen) atoms. The lowest BCUT2D eigenvalue weighted by Gasteiger charge is -2.27. The van der Waals surface area contributed by atoms with Gasteiger partial charge in [-0.3, -0.25) is 0 Å². The van der Waals surface area contributed by atoms with E-state index in [4.69, 9.17) is 4.74 Å². The van der Waals surface area contributed by atoms with Crippen LogP contribution in [-0.2, 0) is 6.42 Å². The van der Waals surface area contributed by atoms with Crippen LogP contribution in [0.2, 0.25) is 0 Å². The summed E-state index contributed by atoms with van der Waals surface area (Å²) in [5, 5.41) is 2.33. The average molecular weight is 576 g/mol. The lowest BCUT2D eigenvalue weighted by Crippen LogP contribution is -2.12. The van der Waals surface area contributed by atoms with E-state index >= 15 is 0 Å². The lowest BCUT2D eigenvalue weighted by molar-refractivity contribution is 0.0735. The molecule has 0 aliphatic heterocycles. The normalized spacial score (nSPS) is 11.1. The molecule has 0 aliphatic carbocycles. The number of aryl methyl sites for hydroxylation is 2. The highest BCUT2D eigenvalue weighted by Crippen LogP contribution is 2.39. The molecule has 0 radical (unpaired) electrons. The highest BCUT2D eigenvalue weighted by atomic mass is 16.5. The summed E-state index contributed by atoms with van der Waals surface area (Å²) < 4.78 is 5.80. The summed E-state index contributed by atoms with van der Waals surface area (Å²) in [5.74, 6) is 0.604. The molecule has 0 unspecified atom stereocenters. The van der Waals surface area contributed by atoms with Crippen molar-refractivity contribution < 1.29 is 9.53 Å². The maximum absolute atomic E-state index is 13.2. The topological polar surface area (TPSA) is 29.5 Å². The van der Waals surface area contributed by atoms with Gasteiger partial charge in [0.05, 0.1) is 11.3 Å². The molecule has 0 aromatic heterocycles. The lowest BCUT2D eigenvalue weighted by atomic mass is 9.92. The summed E-state index contributed by atoms with van der Waals surface area (Å²) in [6.07, 6.45) is 0.961. The summed E-state index contributed by atoms with van der Waals surface area (Å²) >= 11 is 0. The van der Waals surface area contributed by atoms with Crippen LogP contribution in [0.3, 0.4) is 0 Å². The van der Waals surface area contributed by atoms with Gasteiger partial charge in [-0.25, -0.2) is 4.79 Å². The minimum Gasteiger partial charge on any atom is -0.423 e. The van der Waals surface area contributed by atoms with Crippen molar-refractivity contribution in [2.75, 3.05) is 4.90 Å². The second-order valence-corrected chi connectivity index (χ2v) is 11.6. The Morgan fingerprint density at radius 3 is 2.07 bits per heavy atom. The molecule has 6 aromatic carbocycles. The summed E-state index contributed by atoms with van der Waals surface area (Å²) in [5.41, 5.74) is 9.77. The molecule has 0 amide bonds. The van der Waals surface area contributed by atoms with Crippen molar-refractivity contribution in [3.63, 3.8) is 0 Å². The van der Waals surface area contributed by atoms with Gasteiger partial charge in [0, 0.05) is 16.8 Å². The highest BCUT2D eigenvalue weighted by Gasteiger charge is 2.17. The number of benzene rings is 6. The van der Waals surface area contributed by atoms with Crippen LogP contribution in [0, 0.1) is 6.92 Å². The maximum Gasteiger partial charge on any atom is 0.343 e. The van der Waals surface area contributed by atoms with Gasteiger partial charge in [0.25, 0.3) is 0 Å². The van der Waals surface area contributed by atoms with Crippen LogP contribution >= 0.6 is 0 Å². The molecule has 0 bridgehead atoms. The molecular weight excluding hydrogens is 538 g/mol. The summed E-state index contributed by atoms with van der Waals surface area (Å²) in [6.45, 7) is 8.69. The average Bonchev–Trinajstić information content (AvgIpc) is 3.06. The minimum absolute atomic E-state index is 0.382. The summed E-state index contributed by atoms with van der Waals surface area (Å²) in [4.78, 5) is 15.4. The summed E-state index contributed by atoms with van der Waals surface area (Å²) in [7, 11) is 0. The predicted molar refractivity (Wildman–Crippen MR) is 184 cm³/mol. The first kappa shape index (κ1) is 28.9. The van der Waals surface area contributed by atoms with Gasteiger partial charge in [-0.1, -0.05) is 105 Å². The smallest absolute Gasteiger partial charge is 0.343 e. The third kappa shape index (κ3) is 6.00. The molecule has 3 nitrogen and oxygen atoms in total. The first-order valence-corrected chi connectivity index (χ1v) is 15.3. The second-order valence-electron chi connectivity index (χ2n) is 11.6. The van der Waals surface area contributed by atoms with Gasteiger partial charge in [-0.15, -0.1) is 0 Å². The Morgan fingerprint density at radius 2 is 1.39 bits per heavy atom. The third-order valence-corrected chi connectivity index (χ3v) is 8.22. The van der Waals surface area contributed by atoms with Crippen LogP contribution in [-0.4, -0.2) is 5.97 Å². The van der Waals surface area contributed by atoms with E-state index in [0.717, 1.165) is 34.4 Å². The van der Waals surface area contributed by atoms with Crippen molar-refractivity contribution >= 4 is 33.8 Å². The molecule has 0 N–H and O–H groups in total. The molecule has 218 valence electrons. The fourth-order valence-corrected chi connectivity index (χ4v) is 5.67. The van der Waals surface area contributed by atoms with Crippen LogP contribution in [0.15, 0.2) is 133 Å². The zero-order valence-electron chi connectivity index (χ0n) is 25.7. The van der Waals surface area contributed by atoms with Crippen molar-refractivity contribution in [3.8, 4) is 16.9 Å². The Bertz CT molecular complexity index is 1900. The third-order valence-electron chi connectivity index (χ3n) is 8.22. The van der Waals surface area contributed by atoms with Gasteiger partial charge in [-0.05, 0) is 101 Å². The number of ether oxygens (including phenoxy) is 1. The SMILES string of the molecule is CCc1ccc(C(C)C)cc1-c1ccc(OC(=O)c2ccc(N(c3ccc(C)cc3)c3cccc4ccccc34)cc2)cc1. The number of esters is 1. The number of fused-ring (bicyclic) bond motifs is 1. The van der Waals surface area contributed by atoms with Crippen molar-refractivity contribution in [1.82, 2.24) is 0 Å². The van der Waals surface area contributed by atoms with Gasteiger partial charge in [0.2, 0.25) is 0 Å². The van der Waals surface area contributed by atoms with E-state index in [2.05, 4.69) is 118 Å². The largest absolute Gasteiger partial charge is 0.423 e. The molecule has 0 aliphatic rings. The first-order valence-electron chi connectivity index (χ1n) is 15.3. The zero-order valence-corrected chi connectivity index (χ0v) is 25.7. The molecule has 6 aromatic rings. The number of nitrogens with zero attached hydrogens (tertiary/aromatic N) is 1. The standard InChI is InChI=1S/C41H37NO2/c1-5-30-15-16-34(28(2)3)27-39(30)32-19-25-37(26-20-32)44-41(43)33-17-23-36(24-18-33)42(35-21-13-29(4)14-22-35)40-12-8-10-31-9-6-7-11-38(31)40/h6-28H,5H2,1-4H3. The van der Waals surface area contributed by atoms with Crippen LogP contribution in [0.5, 0.6) is 5.75 Å². The van der Waals surface area contributed by atoms with E-state index in [9.17, 15) is 4.79 Å². The molecule has 0 saturated carbocycles. The Labute approximate surface area is 260 Å². The minimum atomic E-state index is -0.382. The predicted octanol–water partition coefficient (Wildman–Crippen LogP) is 11.2. The van der Waals surface area contributed by atoms with E-state index in [-0.39, 0.29) is 5.97 Å². The highest BCUT2D eigenvalue weighted by molar-refractivity contribution is 5.99. The van der Waals surface area contributed by atoms with Gasteiger partial charge in [-0.2, -0.15) is 0 Å². The number of hydrogen-bond acceptors (Lipinski definition) is 3. The number of rotatable bonds is 8. The van der Waals surface area contributed by atoms with Crippen LogP contribution in [0.25, 0.3) is 21.9 Å². The fraction of sp³-hybridized carbons (Fsp3) is 0.146. The van der Waals surface area contributed by atoms with E-state index in [1.165, 1.54) is 27.6 Å². The van der Waals surface area contributed by atoms with Gasteiger partial charge in [0.1, 0.15) is 5.75 Å². The van der Waals surface area contributed by atoms with Crippen molar-refractivity contribution in [3.05, 3.63) is 156 Å². The van der Waals surface area contributed by atoms with E-state index < -0.39 is 0 Å². The summed E-state index contributed by atoms with van der Waals surface area (Å²) in [6, 6.07) is 45.4. The molecule has 0 spiro atoms. The fourth-order valence-electron chi connectivity index (χ4n) is 5.67. The van der Waals surface area contributed by atoms with Gasteiger partial charge < -0.3 is 9.64 Å². The number of anilines is 3. The van der Waals surface area contributed by atoms with Gasteiger partial charge in [0.15, 0.2) is 0 Å². The molecule has 0 heterocycles. The van der Waals surface area contributed by atoms with Crippen LogP contribution in [0.4, 0.5) is 17.1 Å². The monoisotopic (exact) mass is 575 g/mol. The van der Waals surface area contributed by atoms with Crippen LogP contribution < -0.4 is 9.64 Å². The molecule has 0 fully saturated rings. The molecular formula is C41H37NO2. The van der Waals surface area contributed by atoms with E-state index in [1.807, 2.05) is 48.5 Å². The molecule has 6 rings (SSSR count). The first-order chi connectivity index (χ1) is 21.4. The Kier molecular flexibility index (Phi) is 8.29. The Hall–Kier alpha value is -5.15. The Morgan fingerprint density at radius 1 is 0.727 bits per heavy atom. The van der Waals surface area contributed by atoms with E-state index in [1.54, 1.807) is 0 Å². The zero-order chi connectivity index (χ0) is 30.6. The van der Waals surface area contributed by atoms with Crippen molar-refractivity contribution in [2.24, 2.45) is 0 Å². The molecule has 3 heteroatoms. The number of carbonyl (C=O) groups excluding carboxylic acids is 1. The van der Waals surface area contributed by atoms with E-state index in [0.29, 0.717) is 17.2 Å². The Balaban J connectivity index is 1.25. The quantitative estimate of drug-likeness (QED) is 0.134. The maximum atomic E-state index is 13.2. The van der Waals surface area contributed by atoms with Gasteiger partial charge >= 0.3 is 5.97 Å². The van der Waals surface area contributed by atoms with Crippen LogP contribution in [0.1, 0.15) is 53.7 Å². The van der Waals surface area contributed by atoms with Crippen molar-refractivity contribution in [1.29, 1.82) is 0 Å². The molecule has 0 saturated heterocycles. The number of hydrogen-bond donors (Lipinski definition) is 0. The van der Waals surface area contributed by atoms with Crippen molar-refractivity contribution in [2.45, 2.75) is 40.0 Å². The number of carbonyl (C=O) groups is 1. The molecule has 0 atom stereocenters.